The summed E-state index contributed by atoms with van der Waals surface area (Å²) in [7, 11) is 0. The minimum atomic E-state index is 0.296. The van der Waals surface area contributed by atoms with Crippen LogP contribution in [0.25, 0.3) is 0 Å². The molecule has 0 radical (unpaired) electrons. The van der Waals surface area contributed by atoms with E-state index in [4.69, 9.17) is 0 Å². The number of rotatable bonds is 7. The van der Waals surface area contributed by atoms with Crippen LogP contribution in [0, 0.1) is 6.92 Å². The number of imidazole rings is 1. The highest BCUT2D eigenvalue weighted by Gasteiger charge is 2.14. The second-order valence-electron chi connectivity index (χ2n) is 5.07. The monoisotopic (exact) mass is 272 g/mol. The van der Waals surface area contributed by atoms with Gasteiger partial charge in [-0.15, -0.1) is 0 Å². The fourth-order valence-corrected chi connectivity index (χ4v) is 2.41. The van der Waals surface area contributed by atoms with Crippen molar-refractivity contribution in [2.45, 2.75) is 46.2 Å². The second-order valence-corrected chi connectivity index (χ2v) is 5.07. The lowest BCUT2D eigenvalue weighted by Gasteiger charge is -2.19. The minimum Gasteiger partial charge on any atom is -0.335 e. The Balaban J connectivity index is 2.19. The zero-order chi connectivity index (χ0) is 14.4. The molecule has 0 bridgehead atoms. The Hall–Kier alpha value is -1.68. The zero-order valence-electron chi connectivity index (χ0n) is 12.6. The van der Waals surface area contributed by atoms with E-state index in [9.17, 15) is 0 Å². The highest BCUT2D eigenvalue weighted by molar-refractivity contribution is 5.21. The second kappa shape index (κ2) is 7.20. The standard InChI is InChI=1S/C16H24N4/c1-4-7-18-15(14-6-8-17-13(3)11-14)12-16-19-9-10-20(16)5-2/h6,8-11,15,18H,4-5,7,12H2,1-3H3. The van der Waals surface area contributed by atoms with Crippen molar-refractivity contribution in [3.8, 4) is 0 Å². The highest BCUT2D eigenvalue weighted by atomic mass is 15.1. The predicted molar refractivity (Wildman–Crippen MR) is 81.6 cm³/mol. The molecule has 0 aliphatic heterocycles. The molecule has 0 aromatic carbocycles. The van der Waals surface area contributed by atoms with Gasteiger partial charge in [0.1, 0.15) is 5.82 Å². The maximum absolute atomic E-state index is 4.49. The van der Waals surface area contributed by atoms with Gasteiger partial charge in [-0.1, -0.05) is 6.92 Å². The first-order valence-corrected chi connectivity index (χ1v) is 7.40. The molecule has 4 heteroatoms. The average Bonchev–Trinajstić information content (AvgIpc) is 2.90. The van der Waals surface area contributed by atoms with E-state index >= 15 is 0 Å². The van der Waals surface area contributed by atoms with Crippen LogP contribution in [-0.2, 0) is 13.0 Å². The smallest absolute Gasteiger partial charge is 0.110 e. The number of nitrogens with zero attached hydrogens (tertiary/aromatic N) is 3. The molecule has 0 aliphatic carbocycles. The quantitative estimate of drug-likeness (QED) is 0.842. The molecule has 2 heterocycles. The Morgan fingerprint density at radius 3 is 2.80 bits per heavy atom. The van der Waals surface area contributed by atoms with Gasteiger partial charge in [0, 0.05) is 43.3 Å². The molecular weight excluding hydrogens is 248 g/mol. The third kappa shape index (κ3) is 3.67. The molecule has 1 unspecified atom stereocenters. The Morgan fingerprint density at radius 2 is 2.10 bits per heavy atom. The summed E-state index contributed by atoms with van der Waals surface area (Å²) in [5.74, 6) is 1.13. The molecule has 2 aromatic rings. The zero-order valence-corrected chi connectivity index (χ0v) is 12.6. The molecule has 108 valence electrons. The van der Waals surface area contributed by atoms with Gasteiger partial charge in [0.05, 0.1) is 0 Å². The van der Waals surface area contributed by atoms with Crippen molar-refractivity contribution in [2.75, 3.05) is 6.54 Å². The van der Waals surface area contributed by atoms with E-state index in [1.165, 1.54) is 5.56 Å². The largest absolute Gasteiger partial charge is 0.335 e. The van der Waals surface area contributed by atoms with Crippen molar-refractivity contribution in [2.24, 2.45) is 0 Å². The lowest BCUT2D eigenvalue weighted by Crippen LogP contribution is -2.25. The first-order chi connectivity index (χ1) is 9.74. The average molecular weight is 272 g/mol. The van der Waals surface area contributed by atoms with E-state index in [2.05, 4.69) is 45.8 Å². The summed E-state index contributed by atoms with van der Waals surface area (Å²) in [6, 6.07) is 4.55. The van der Waals surface area contributed by atoms with Gasteiger partial charge in [-0.25, -0.2) is 4.98 Å². The Morgan fingerprint density at radius 1 is 1.25 bits per heavy atom. The molecule has 1 N–H and O–H groups in total. The number of aromatic nitrogens is 3. The molecule has 0 saturated carbocycles. The SMILES string of the molecule is CCCNC(Cc1nccn1CC)c1ccnc(C)c1. The Bertz CT molecular complexity index is 533. The van der Waals surface area contributed by atoms with E-state index in [0.717, 1.165) is 37.4 Å². The van der Waals surface area contributed by atoms with E-state index in [-0.39, 0.29) is 0 Å². The van der Waals surface area contributed by atoms with Gasteiger partial charge in [0.15, 0.2) is 0 Å². The van der Waals surface area contributed by atoms with Crippen molar-refractivity contribution in [1.29, 1.82) is 0 Å². The number of hydrogen-bond acceptors (Lipinski definition) is 3. The summed E-state index contributed by atoms with van der Waals surface area (Å²) in [5.41, 5.74) is 2.35. The number of aryl methyl sites for hydroxylation is 2. The normalized spacial score (nSPS) is 12.6. The molecule has 0 aliphatic rings. The lowest BCUT2D eigenvalue weighted by atomic mass is 10.0. The first-order valence-electron chi connectivity index (χ1n) is 7.40. The van der Waals surface area contributed by atoms with Crippen LogP contribution in [0.2, 0.25) is 0 Å². The molecule has 2 aromatic heterocycles. The van der Waals surface area contributed by atoms with Crippen LogP contribution in [0.4, 0.5) is 0 Å². The fourth-order valence-electron chi connectivity index (χ4n) is 2.41. The summed E-state index contributed by atoms with van der Waals surface area (Å²) in [4.78, 5) is 8.77. The van der Waals surface area contributed by atoms with Crippen LogP contribution in [0.5, 0.6) is 0 Å². The van der Waals surface area contributed by atoms with Crippen LogP contribution in [0.3, 0.4) is 0 Å². The summed E-state index contributed by atoms with van der Waals surface area (Å²) >= 11 is 0. The van der Waals surface area contributed by atoms with Crippen LogP contribution < -0.4 is 5.32 Å². The van der Waals surface area contributed by atoms with Crippen molar-refractivity contribution in [3.05, 3.63) is 47.8 Å². The fraction of sp³-hybridized carbons (Fsp3) is 0.500. The molecule has 0 spiro atoms. The molecule has 0 saturated heterocycles. The Kier molecular flexibility index (Phi) is 5.30. The van der Waals surface area contributed by atoms with Crippen LogP contribution >= 0.6 is 0 Å². The van der Waals surface area contributed by atoms with E-state index < -0.39 is 0 Å². The molecular formula is C16H24N4. The van der Waals surface area contributed by atoms with Crippen molar-refractivity contribution in [1.82, 2.24) is 19.9 Å². The predicted octanol–water partition coefficient (Wildman–Crippen LogP) is 2.89. The first kappa shape index (κ1) is 14.7. The van der Waals surface area contributed by atoms with Crippen LogP contribution in [0.1, 0.15) is 43.4 Å². The number of pyridine rings is 1. The maximum Gasteiger partial charge on any atom is 0.110 e. The summed E-state index contributed by atoms with van der Waals surface area (Å²) in [6.45, 7) is 8.35. The topological polar surface area (TPSA) is 42.7 Å². The molecule has 1 atom stereocenters. The summed E-state index contributed by atoms with van der Waals surface area (Å²) in [6.07, 6.45) is 7.85. The number of hydrogen-bond donors (Lipinski definition) is 1. The van der Waals surface area contributed by atoms with Gasteiger partial charge in [-0.2, -0.15) is 0 Å². The van der Waals surface area contributed by atoms with Gasteiger partial charge in [0.2, 0.25) is 0 Å². The highest BCUT2D eigenvalue weighted by Crippen LogP contribution is 2.18. The molecule has 2 rings (SSSR count). The van der Waals surface area contributed by atoms with Gasteiger partial charge in [-0.3, -0.25) is 4.98 Å². The van der Waals surface area contributed by atoms with Crippen molar-refractivity contribution in [3.63, 3.8) is 0 Å². The lowest BCUT2D eigenvalue weighted by molar-refractivity contribution is 0.506. The van der Waals surface area contributed by atoms with E-state index in [1.54, 1.807) is 0 Å². The van der Waals surface area contributed by atoms with Gasteiger partial charge in [-0.05, 0) is 44.5 Å². The van der Waals surface area contributed by atoms with Crippen LogP contribution in [-0.4, -0.2) is 21.1 Å². The van der Waals surface area contributed by atoms with E-state index in [0.29, 0.717) is 6.04 Å². The van der Waals surface area contributed by atoms with Crippen LogP contribution in [0.15, 0.2) is 30.7 Å². The maximum atomic E-state index is 4.49. The van der Waals surface area contributed by atoms with Gasteiger partial charge < -0.3 is 9.88 Å². The van der Waals surface area contributed by atoms with Gasteiger partial charge in [0.25, 0.3) is 0 Å². The van der Waals surface area contributed by atoms with Crippen molar-refractivity contribution < 1.29 is 0 Å². The minimum absolute atomic E-state index is 0.296. The molecule has 4 nitrogen and oxygen atoms in total. The molecule has 0 amide bonds. The van der Waals surface area contributed by atoms with Crippen molar-refractivity contribution >= 4 is 0 Å². The number of nitrogens with one attached hydrogen (secondary N) is 1. The third-order valence-electron chi connectivity index (χ3n) is 3.49. The third-order valence-corrected chi connectivity index (χ3v) is 3.49. The Labute approximate surface area is 121 Å². The van der Waals surface area contributed by atoms with E-state index in [1.807, 2.05) is 25.5 Å². The van der Waals surface area contributed by atoms with Gasteiger partial charge >= 0.3 is 0 Å². The molecule has 20 heavy (non-hydrogen) atoms. The molecule has 0 fully saturated rings. The summed E-state index contributed by atoms with van der Waals surface area (Å²) in [5, 5.41) is 3.62. The summed E-state index contributed by atoms with van der Waals surface area (Å²) < 4.78 is 2.20.